The fraction of sp³-hybridized carbons (Fsp3) is 0.429. The molecule has 3 aromatic rings. The average Bonchev–Trinajstić information content (AvgIpc) is 3.12. The highest BCUT2D eigenvalue weighted by Gasteiger charge is 2.18. The summed E-state index contributed by atoms with van der Waals surface area (Å²) in [4.78, 5) is 17.1. The molecule has 146 valence electrons. The molecule has 0 fully saturated rings. The molecule has 4 heterocycles. The lowest BCUT2D eigenvalue weighted by Gasteiger charge is -2.09. The van der Waals surface area contributed by atoms with Gasteiger partial charge in [-0.3, -0.25) is 4.79 Å². The Morgan fingerprint density at radius 2 is 2.07 bits per heavy atom. The van der Waals surface area contributed by atoms with Crippen LogP contribution in [0.3, 0.4) is 0 Å². The zero-order valence-electron chi connectivity index (χ0n) is 16.5. The van der Waals surface area contributed by atoms with Crippen LogP contribution in [0.1, 0.15) is 52.7 Å². The molecule has 7 heteroatoms. The van der Waals surface area contributed by atoms with Gasteiger partial charge < -0.3 is 14.5 Å². The highest BCUT2D eigenvalue weighted by molar-refractivity contribution is 5.95. The van der Waals surface area contributed by atoms with Crippen LogP contribution in [0, 0.1) is 13.8 Å². The topological polar surface area (TPSA) is 77.6 Å². The van der Waals surface area contributed by atoms with Crippen molar-refractivity contribution in [2.45, 2.75) is 52.5 Å². The number of aryl methyl sites for hydroxylation is 2. The summed E-state index contributed by atoms with van der Waals surface area (Å²) in [7, 11) is 0. The number of carbonyl (C=O) groups is 1. The summed E-state index contributed by atoms with van der Waals surface area (Å²) in [5.74, 6) is 2.81. The van der Waals surface area contributed by atoms with Gasteiger partial charge in [0.1, 0.15) is 17.5 Å². The van der Waals surface area contributed by atoms with Gasteiger partial charge in [0.25, 0.3) is 5.91 Å². The second-order valence-corrected chi connectivity index (χ2v) is 7.31. The highest BCUT2D eigenvalue weighted by atomic mass is 16.1. The van der Waals surface area contributed by atoms with Crippen molar-refractivity contribution in [1.29, 1.82) is 0 Å². The largest absolute Gasteiger partial charge is 0.352 e. The molecular weight excluding hydrogens is 352 g/mol. The van der Waals surface area contributed by atoms with Crippen molar-refractivity contribution >= 4 is 5.91 Å². The van der Waals surface area contributed by atoms with Crippen LogP contribution in [-0.2, 0) is 19.4 Å². The first-order chi connectivity index (χ1) is 13.6. The third-order valence-corrected chi connectivity index (χ3v) is 5.37. The van der Waals surface area contributed by atoms with Crippen molar-refractivity contribution in [3.05, 3.63) is 59.1 Å². The van der Waals surface area contributed by atoms with Gasteiger partial charge >= 0.3 is 0 Å². The van der Waals surface area contributed by atoms with Gasteiger partial charge in [0.05, 0.1) is 5.56 Å². The maximum Gasteiger partial charge on any atom is 0.253 e. The summed E-state index contributed by atoms with van der Waals surface area (Å²) in [6.45, 7) is 5.47. The van der Waals surface area contributed by atoms with Crippen LogP contribution >= 0.6 is 0 Å². The monoisotopic (exact) mass is 378 g/mol. The predicted molar refractivity (Wildman–Crippen MR) is 107 cm³/mol. The van der Waals surface area contributed by atoms with Crippen LogP contribution in [-0.4, -0.2) is 36.8 Å². The van der Waals surface area contributed by atoms with E-state index in [2.05, 4.69) is 25.1 Å². The number of aromatic nitrogens is 5. The first kappa shape index (κ1) is 18.4. The quantitative estimate of drug-likeness (QED) is 0.741. The molecule has 0 radical (unpaired) electrons. The minimum Gasteiger partial charge on any atom is -0.352 e. The number of nitrogens with zero attached hydrogens (tertiary/aromatic N) is 5. The molecule has 1 amide bonds. The molecule has 7 nitrogen and oxygen atoms in total. The molecule has 1 aliphatic rings. The highest BCUT2D eigenvalue weighted by Crippen LogP contribution is 2.19. The first-order valence-electron chi connectivity index (χ1n) is 9.94. The van der Waals surface area contributed by atoms with Crippen LogP contribution in [0.4, 0.5) is 0 Å². The van der Waals surface area contributed by atoms with E-state index in [0.717, 1.165) is 41.8 Å². The van der Waals surface area contributed by atoms with Crippen LogP contribution in [0.2, 0.25) is 0 Å². The Morgan fingerprint density at radius 1 is 1.18 bits per heavy atom. The van der Waals surface area contributed by atoms with E-state index in [4.69, 9.17) is 0 Å². The van der Waals surface area contributed by atoms with Gasteiger partial charge in [-0.05, 0) is 44.9 Å². The van der Waals surface area contributed by atoms with Gasteiger partial charge in [-0.2, -0.15) is 0 Å². The Bertz CT molecular complexity index is 972. The van der Waals surface area contributed by atoms with Crippen molar-refractivity contribution in [2.75, 3.05) is 6.54 Å². The summed E-state index contributed by atoms with van der Waals surface area (Å²) in [5, 5.41) is 11.7. The first-order valence-corrected chi connectivity index (χ1v) is 9.94. The van der Waals surface area contributed by atoms with Crippen LogP contribution in [0.25, 0.3) is 5.82 Å². The second-order valence-electron chi connectivity index (χ2n) is 7.31. The summed E-state index contributed by atoms with van der Waals surface area (Å²) < 4.78 is 4.24. The lowest BCUT2D eigenvalue weighted by Crippen LogP contribution is -2.27. The molecule has 0 saturated carbocycles. The van der Waals surface area contributed by atoms with Gasteiger partial charge in [-0.15, -0.1) is 10.2 Å². The third-order valence-electron chi connectivity index (χ3n) is 5.37. The van der Waals surface area contributed by atoms with Gasteiger partial charge in [-0.25, -0.2) is 4.98 Å². The molecule has 0 bridgehead atoms. The summed E-state index contributed by atoms with van der Waals surface area (Å²) in [6, 6.07) is 7.69. The van der Waals surface area contributed by atoms with E-state index in [9.17, 15) is 4.79 Å². The molecule has 0 unspecified atom stereocenters. The molecule has 0 spiro atoms. The van der Waals surface area contributed by atoms with Crippen LogP contribution in [0.5, 0.6) is 0 Å². The van der Waals surface area contributed by atoms with Crippen molar-refractivity contribution in [3.8, 4) is 5.82 Å². The predicted octanol–water partition coefficient (Wildman–Crippen LogP) is 2.78. The Kier molecular flexibility index (Phi) is 5.23. The molecule has 0 atom stereocenters. The van der Waals surface area contributed by atoms with E-state index in [0.29, 0.717) is 18.5 Å². The fourth-order valence-electron chi connectivity index (χ4n) is 3.94. The summed E-state index contributed by atoms with van der Waals surface area (Å²) in [5.41, 5.74) is 2.57. The Morgan fingerprint density at radius 3 is 2.89 bits per heavy atom. The van der Waals surface area contributed by atoms with Crippen LogP contribution in [0.15, 0.2) is 30.5 Å². The molecule has 1 N–H and O–H groups in total. The molecule has 4 rings (SSSR count). The Labute approximate surface area is 164 Å². The van der Waals surface area contributed by atoms with Crippen molar-refractivity contribution < 1.29 is 4.79 Å². The lowest BCUT2D eigenvalue weighted by atomic mass is 10.2. The maximum absolute atomic E-state index is 12.7. The summed E-state index contributed by atoms with van der Waals surface area (Å²) in [6.07, 6.45) is 7.04. The summed E-state index contributed by atoms with van der Waals surface area (Å²) >= 11 is 0. The zero-order valence-corrected chi connectivity index (χ0v) is 16.5. The number of hydrogen-bond donors (Lipinski definition) is 1. The average molecular weight is 378 g/mol. The number of nitrogens with one attached hydrogen (secondary N) is 1. The smallest absolute Gasteiger partial charge is 0.253 e. The normalized spacial score (nSPS) is 13.8. The lowest BCUT2D eigenvalue weighted by molar-refractivity contribution is 0.0953. The van der Waals surface area contributed by atoms with E-state index in [-0.39, 0.29) is 5.91 Å². The second kappa shape index (κ2) is 7.96. The molecule has 3 aromatic heterocycles. The van der Waals surface area contributed by atoms with Crippen LogP contribution < -0.4 is 5.32 Å². The third kappa shape index (κ3) is 3.56. The van der Waals surface area contributed by atoms with E-state index >= 15 is 0 Å². The van der Waals surface area contributed by atoms with Gasteiger partial charge in [-0.1, -0.05) is 12.5 Å². The molecule has 0 saturated heterocycles. The molecule has 28 heavy (non-hydrogen) atoms. The molecule has 0 aromatic carbocycles. The number of amides is 1. The number of carbonyl (C=O) groups excluding carboxylic acids is 1. The number of fused-ring (bicyclic) bond motifs is 1. The van der Waals surface area contributed by atoms with Gasteiger partial charge in [0, 0.05) is 43.5 Å². The van der Waals surface area contributed by atoms with Crippen molar-refractivity contribution in [3.63, 3.8) is 0 Å². The minimum atomic E-state index is -0.0640. The zero-order chi connectivity index (χ0) is 19.5. The number of pyridine rings is 1. The molecule has 0 aliphatic carbocycles. The van der Waals surface area contributed by atoms with E-state index in [1.165, 1.54) is 19.3 Å². The van der Waals surface area contributed by atoms with E-state index in [1.807, 2.05) is 42.7 Å². The Hall–Kier alpha value is -2.96. The minimum absolute atomic E-state index is 0.0640. The van der Waals surface area contributed by atoms with Gasteiger partial charge in [0.15, 0.2) is 0 Å². The van der Waals surface area contributed by atoms with Gasteiger partial charge in [0.2, 0.25) is 0 Å². The van der Waals surface area contributed by atoms with E-state index < -0.39 is 0 Å². The molecule has 1 aliphatic heterocycles. The standard InChI is InChI=1S/C21H26N6O/c1-15-14-17(16(2)27(15)18-8-5-6-11-22-18)21(28)23-12-10-20-25-24-19-9-4-3-7-13-26(19)20/h5-6,8,11,14H,3-4,7,9-10,12-13H2,1-2H3,(H,23,28). The Balaban J connectivity index is 1.43. The van der Waals surface area contributed by atoms with E-state index in [1.54, 1.807) is 6.20 Å². The SMILES string of the molecule is Cc1cc(C(=O)NCCc2nnc3n2CCCCC3)c(C)n1-c1ccccn1. The number of rotatable bonds is 5. The number of hydrogen-bond acceptors (Lipinski definition) is 4. The molecular formula is C21H26N6O. The maximum atomic E-state index is 12.7. The van der Waals surface area contributed by atoms with Crippen molar-refractivity contribution in [1.82, 2.24) is 29.6 Å². The fourth-order valence-corrected chi connectivity index (χ4v) is 3.94. The van der Waals surface area contributed by atoms with Crippen molar-refractivity contribution in [2.24, 2.45) is 0 Å².